The molecule has 0 spiro atoms. The van der Waals surface area contributed by atoms with Gasteiger partial charge < -0.3 is 14.0 Å². The van der Waals surface area contributed by atoms with Crippen LogP contribution in [0.5, 0.6) is 0 Å². The summed E-state index contributed by atoms with van der Waals surface area (Å²) in [6.07, 6.45) is -13.9. The number of hydrogen-bond acceptors (Lipinski definition) is 6. The van der Waals surface area contributed by atoms with Gasteiger partial charge in [0.25, 0.3) is 0 Å². The van der Waals surface area contributed by atoms with Crippen molar-refractivity contribution in [3.63, 3.8) is 0 Å². The first-order valence-electron chi connectivity index (χ1n) is 8.54. The van der Waals surface area contributed by atoms with Gasteiger partial charge in [-0.05, 0) is 28.0 Å². The van der Waals surface area contributed by atoms with Crippen LogP contribution >= 0.6 is 0 Å². The topological polar surface area (TPSA) is 96.0 Å². The van der Waals surface area contributed by atoms with Crippen molar-refractivity contribution in [3.8, 4) is 0 Å². The van der Waals surface area contributed by atoms with Crippen LogP contribution in [-0.4, -0.2) is 49.3 Å². The number of epoxide rings is 1. The van der Waals surface area contributed by atoms with Crippen molar-refractivity contribution in [3.05, 3.63) is 47.5 Å². The molecular formula is C18H13F6O6S-. The van der Waals surface area contributed by atoms with Crippen LogP contribution in [-0.2, 0) is 30.8 Å². The maximum absolute atomic E-state index is 13.2. The van der Waals surface area contributed by atoms with E-state index < -0.39 is 46.2 Å². The van der Waals surface area contributed by atoms with E-state index in [1.165, 1.54) is 18.2 Å². The van der Waals surface area contributed by atoms with Gasteiger partial charge in [0.1, 0.15) is 6.10 Å². The van der Waals surface area contributed by atoms with Gasteiger partial charge >= 0.3 is 23.9 Å². The molecule has 0 aliphatic carbocycles. The van der Waals surface area contributed by atoms with Crippen LogP contribution in [0.4, 0.5) is 26.3 Å². The quantitative estimate of drug-likeness (QED) is 0.277. The van der Waals surface area contributed by atoms with E-state index in [2.05, 4.69) is 4.74 Å². The van der Waals surface area contributed by atoms with Crippen molar-refractivity contribution in [1.29, 1.82) is 0 Å². The van der Waals surface area contributed by atoms with E-state index in [9.17, 15) is 44.1 Å². The van der Waals surface area contributed by atoms with E-state index >= 15 is 0 Å². The highest BCUT2D eigenvalue weighted by Gasteiger charge is 2.75. The molecule has 0 aromatic heterocycles. The van der Waals surface area contributed by atoms with Crippen LogP contribution in [0.2, 0.25) is 0 Å². The zero-order valence-corrected chi connectivity index (χ0v) is 16.1. The fraction of sp³-hybridized carbons (Fsp3) is 0.389. The third kappa shape index (κ3) is 5.10. The molecule has 13 heteroatoms. The van der Waals surface area contributed by atoms with E-state index in [1.54, 1.807) is 18.2 Å². The molecule has 0 bridgehead atoms. The number of carbonyl (C=O) groups is 1. The first-order valence-corrected chi connectivity index (χ1v) is 10.1. The summed E-state index contributed by atoms with van der Waals surface area (Å²) in [4.78, 5) is 12.0. The molecule has 0 amide bonds. The lowest BCUT2D eigenvalue weighted by Gasteiger charge is -2.36. The van der Waals surface area contributed by atoms with Crippen LogP contribution in [0.15, 0.2) is 36.4 Å². The Kier molecular flexibility index (Phi) is 5.74. The highest BCUT2D eigenvalue weighted by atomic mass is 32.2. The molecule has 2 aromatic rings. The van der Waals surface area contributed by atoms with Crippen LogP contribution in [0.3, 0.4) is 0 Å². The number of hydrogen-bond donors (Lipinski definition) is 0. The third-order valence-electron chi connectivity index (χ3n) is 4.57. The average molecular weight is 471 g/mol. The molecule has 0 radical (unpaired) electrons. The number of fused-ring (bicyclic) bond motifs is 1. The van der Waals surface area contributed by atoms with Gasteiger partial charge in [0, 0.05) is 0 Å². The molecule has 1 fully saturated rings. The number of alkyl halides is 6. The van der Waals surface area contributed by atoms with Gasteiger partial charge in [0.2, 0.25) is 0 Å². The molecule has 31 heavy (non-hydrogen) atoms. The summed E-state index contributed by atoms with van der Waals surface area (Å²) >= 11 is 0. The van der Waals surface area contributed by atoms with Crippen LogP contribution in [0.1, 0.15) is 17.2 Å². The minimum Gasteiger partial charge on any atom is -0.748 e. The molecule has 0 saturated carbocycles. The lowest BCUT2D eigenvalue weighted by atomic mass is 10.0. The molecule has 0 N–H and O–H groups in total. The average Bonchev–Trinajstić information content (AvgIpc) is 3.42. The second-order valence-electron chi connectivity index (χ2n) is 6.94. The van der Waals surface area contributed by atoms with Crippen molar-refractivity contribution in [1.82, 2.24) is 0 Å². The molecule has 2 aromatic carbocycles. The van der Waals surface area contributed by atoms with Crippen LogP contribution in [0, 0.1) is 0 Å². The number of rotatable bonds is 6. The Morgan fingerprint density at radius 2 is 1.58 bits per heavy atom. The Bertz CT molecular complexity index is 1090. The van der Waals surface area contributed by atoms with Crippen molar-refractivity contribution >= 4 is 26.9 Å². The number of benzene rings is 2. The van der Waals surface area contributed by atoms with E-state index in [0.717, 1.165) is 5.56 Å². The molecule has 1 saturated heterocycles. The van der Waals surface area contributed by atoms with Crippen molar-refractivity contribution < 1.29 is 53.6 Å². The van der Waals surface area contributed by atoms with E-state index in [0.29, 0.717) is 17.4 Å². The SMILES string of the molecule is O=C(Cc1ccc2cc(C3CO3)ccc2c1)OC(CS(=O)(=O)[O-])(C(F)(F)F)C(F)(F)F. The predicted molar refractivity (Wildman–Crippen MR) is 91.8 cm³/mol. The Morgan fingerprint density at radius 1 is 1.03 bits per heavy atom. The van der Waals surface area contributed by atoms with E-state index in [1.807, 2.05) is 0 Å². The largest absolute Gasteiger partial charge is 0.748 e. The van der Waals surface area contributed by atoms with Gasteiger partial charge in [-0.15, -0.1) is 0 Å². The smallest absolute Gasteiger partial charge is 0.438 e. The van der Waals surface area contributed by atoms with Gasteiger partial charge in [0.15, 0.2) is 0 Å². The fourth-order valence-electron chi connectivity index (χ4n) is 2.98. The van der Waals surface area contributed by atoms with Gasteiger partial charge in [-0.2, -0.15) is 26.3 Å². The standard InChI is InChI=1S/C18H14F6O6S/c19-17(20,21)16(18(22,23)24,9-31(26,27)28)30-15(25)6-10-1-2-12-7-13(14-8-29-14)4-3-11(12)5-10/h1-5,7,14H,6,8-9H2,(H,26,27,28)/p-1. The van der Waals surface area contributed by atoms with Gasteiger partial charge in [-0.1, -0.05) is 30.3 Å². The Labute approximate surface area is 171 Å². The zero-order chi connectivity index (χ0) is 23.2. The van der Waals surface area contributed by atoms with E-state index in [-0.39, 0.29) is 11.7 Å². The summed E-state index contributed by atoms with van der Waals surface area (Å²) < 4.78 is 120. The summed E-state index contributed by atoms with van der Waals surface area (Å²) in [5.41, 5.74) is -4.57. The minimum absolute atomic E-state index is 0.0242. The summed E-state index contributed by atoms with van der Waals surface area (Å²) in [5, 5.41) is 1.25. The highest BCUT2D eigenvalue weighted by Crippen LogP contribution is 2.47. The molecule has 170 valence electrons. The molecule has 1 aliphatic heterocycles. The maximum Gasteiger partial charge on any atom is 0.438 e. The molecule has 1 atom stereocenters. The Hall–Kier alpha value is -2.38. The monoisotopic (exact) mass is 471 g/mol. The molecule has 1 unspecified atom stereocenters. The Balaban J connectivity index is 1.87. The molecule has 1 heterocycles. The first-order chi connectivity index (χ1) is 14.1. The number of ether oxygens (including phenoxy) is 2. The van der Waals surface area contributed by atoms with Gasteiger partial charge in [-0.3, -0.25) is 4.79 Å². The second kappa shape index (κ2) is 7.64. The lowest BCUT2D eigenvalue weighted by molar-refractivity contribution is -0.361. The van der Waals surface area contributed by atoms with Crippen LogP contribution < -0.4 is 0 Å². The van der Waals surface area contributed by atoms with Gasteiger partial charge in [-0.25, -0.2) is 8.42 Å². The molecular weight excluding hydrogens is 458 g/mol. The first kappa shape index (κ1) is 23.3. The predicted octanol–water partition coefficient (Wildman–Crippen LogP) is 3.41. The molecule has 1 aliphatic rings. The maximum atomic E-state index is 13.2. The molecule has 3 rings (SSSR count). The summed E-state index contributed by atoms with van der Waals surface area (Å²) in [7, 11) is -6.08. The number of carbonyl (C=O) groups excluding carboxylic acids is 1. The Morgan fingerprint density at radius 3 is 2.10 bits per heavy atom. The normalized spacial score (nSPS) is 17.6. The second-order valence-corrected chi connectivity index (χ2v) is 8.34. The van der Waals surface area contributed by atoms with Crippen molar-refractivity contribution in [2.45, 2.75) is 30.5 Å². The van der Waals surface area contributed by atoms with E-state index in [4.69, 9.17) is 4.74 Å². The summed E-state index contributed by atoms with van der Waals surface area (Å²) in [6, 6.07) is 9.31. The summed E-state index contributed by atoms with van der Waals surface area (Å²) in [6.45, 7) is 0.564. The van der Waals surface area contributed by atoms with Crippen molar-refractivity contribution in [2.24, 2.45) is 0 Å². The molecule has 6 nitrogen and oxygen atoms in total. The summed E-state index contributed by atoms with van der Waals surface area (Å²) in [5.74, 6) is -5.02. The number of halogens is 6. The fourth-order valence-corrected chi connectivity index (χ4v) is 3.86. The zero-order valence-electron chi connectivity index (χ0n) is 15.3. The van der Waals surface area contributed by atoms with Gasteiger partial charge in [0.05, 0.1) is 28.9 Å². The van der Waals surface area contributed by atoms with Crippen molar-refractivity contribution in [2.75, 3.05) is 12.4 Å². The lowest BCUT2D eigenvalue weighted by Crippen LogP contribution is -2.63. The third-order valence-corrected chi connectivity index (χ3v) is 5.33. The van der Waals surface area contributed by atoms with Crippen LogP contribution in [0.25, 0.3) is 10.8 Å². The highest BCUT2D eigenvalue weighted by molar-refractivity contribution is 7.85. The number of esters is 1. The minimum atomic E-state index is -6.40.